The number of rotatable bonds is 5. The fraction of sp³-hybridized carbons (Fsp3) is 0.625. The summed E-state index contributed by atoms with van der Waals surface area (Å²) in [7, 11) is 0. The van der Waals surface area contributed by atoms with Gasteiger partial charge < -0.3 is 10.2 Å². The van der Waals surface area contributed by atoms with Crippen LogP contribution < -0.4 is 10.2 Å². The van der Waals surface area contributed by atoms with Crippen LogP contribution in [0.25, 0.3) is 0 Å². The van der Waals surface area contributed by atoms with Crippen molar-refractivity contribution in [3.63, 3.8) is 0 Å². The molecule has 0 fully saturated rings. The van der Waals surface area contributed by atoms with Gasteiger partial charge in [0.05, 0.1) is 0 Å². The summed E-state index contributed by atoms with van der Waals surface area (Å²) in [6.45, 7) is 8.98. The van der Waals surface area contributed by atoms with Gasteiger partial charge in [-0.1, -0.05) is 44.4 Å². The second kappa shape index (κ2) is 6.79. The molecule has 1 aromatic rings. The lowest BCUT2D eigenvalue weighted by Crippen LogP contribution is -2.30. The van der Waals surface area contributed by atoms with E-state index >= 15 is 0 Å². The summed E-state index contributed by atoms with van der Waals surface area (Å²) < 4.78 is 0. The average molecular weight is 246 g/mol. The van der Waals surface area contributed by atoms with E-state index in [1.807, 2.05) is 0 Å². The highest BCUT2D eigenvalue weighted by molar-refractivity contribution is 5.60. The van der Waals surface area contributed by atoms with Gasteiger partial charge in [-0.2, -0.15) is 0 Å². The molecule has 0 unspecified atom stereocenters. The average Bonchev–Trinajstić information content (AvgIpc) is 2.58. The number of hydrogen-bond acceptors (Lipinski definition) is 2. The van der Waals surface area contributed by atoms with E-state index in [9.17, 15) is 0 Å². The Labute approximate surface area is 111 Å². The van der Waals surface area contributed by atoms with Crippen molar-refractivity contribution < 1.29 is 0 Å². The Morgan fingerprint density at radius 3 is 2.94 bits per heavy atom. The van der Waals surface area contributed by atoms with Gasteiger partial charge in [0.1, 0.15) is 0 Å². The molecule has 1 heterocycles. The van der Waals surface area contributed by atoms with E-state index in [-0.39, 0.29) is 0 Å². The molecule has 0 amide bonds. The van der Waals surface area contributed by atoms with Gasteiger partial charge in [-0.05, 0) is 24.5 Å². The summed E-state index contributed by atoms with van der Waals surface area (Å²) in [5, 5.41) is 3.52. The van der Waals surface area contributed by atoms with E-state index in [1.165, 1.54) is 49.0 Å². The summed E-state index contributed by atoms with van der Waals surface area (Å²) in [5.74, 6) is 0. The zero-order valence-corrected chi connectivity index (χ0v) is 11.8. The molecule has 1 aliphatic heterocycles. The summed E-state index contributed by atoms with van der Waals surface area (Å²) in [5.41, 5.74) is 4.37. The lowest BCUT2D eigenvalue weighted by atomic mass is 10.1. The van der Waals surface area contributed by atoms with E-state index in [1.54, 1.807) is 0 Å². The van der Waals surface area contributed by atoms with Crippen molar-refractivity contribution in [2.75, 3.05) is 24.5 Å². The van der Waals surface area contributed by atoms with E-state index in [2.05, 4.69) is 42.3 Å². The first-order chi connectivity index (χ1) is 8.83. The van der Waals surface area contributed by atoms with E-state index in [4.69, 9.17) is 0 Å². The van der Waals surface area contributed by atoms with Crippen molar-refractivity contribution in [1.82, 2.24) is 5.32 Å². The van der Waals surface area contributed by atoms with Gasteiger partial charge in [0, 0.05) is 31.9 Å². The molecule has 0 saturated heterocycles. The highest BCUT2D eigenvalue weighted by Gasteiger charge is 2.16. The molecule has 0 aromatic heterocycles. The van der Waals surface area contributed by atoms with Crippen molar-refractivity contribution >= 4 is 5.69 Å². The highest BCUT2D eigenvalue weighted by Crippen LogP contribution is 2.26. The predicted octanol–water partition coefficient (Wildman–Crippen LogP) is 3.48. The van der Waals surface area contributed by atoms with Gasteiger partial charge in [-0.3, -0.25) is 0 Å². The lowest BCUT2D eigenvalue weighted by Gasteiger charge is -2.26. The fourth-order valence-corrected chi connectivity index (χ4v) is 2.82. The normalized spacial score (nSPS) is 15.3. The van der Waals surface area contributed by atoms with Gasteiger partial charge in [0.25, 0.3) is 0 Å². The molecule has 0 atom stereocenters. The minimum absolute atomic E-state index is 1.02. The fourth-order valence-electron chi connectivity index (χ4n) is 2.82. The molecule has 2 rings (SSSR count). The van der Waals surface area contributed by atoms with Crippen molar-refractivity contribution in [2.24, 2.45) is 0 Å². The molecule has 2 heteroatoms. The minimum atomic E-state index is 1.02. The lowest BCUT2D eigenvalue weighted by molar-refractivity contribution is 0.631. The summed E-state index contributed by atoms with van der Waals surface area (Å²) >= 11 is 0. The topological polar surface area (TPSA) is 15.3 Å². The van der Waals surface area contributed by atoms with Gasteiger partial charge in [0.2, 0.25) is 0 Å². The van der Waals surface area contributed by atoms with Crippen LogP contribution in [-0.4, -0.2) is 19.6 Å². The Morgan fingerprint density at radius 1 is 1.22 bits per heavy atom. The number of para-hydroxylation sites is 1. The first kappa shape index (κ1) is 13.4. The van der Waals surface area contributed by atoms with Crippen LogP contribution in [0.15, 0.2) is 18.2 Å². The van der Waals surface area contributed by atoms with Crippen LogP contribution in [0.5, 0.6) is 0 Å². The van der Waals surface area contributed by atoms with E-state index in [0.717, 1.165) is 19.6 Å². The van der Waals surface area contributed by atoms with Gasteiger partial charge in [0.15, 0.2) is 0 Å². The largest absolute Gasteiger partial charge is 0.370 e. The van der Waals surface area contributed by atoms with Gasteiger partial charge >= 0.3 is 0 Å². The summed E-state index contributed by atoms with van der Waals surface area (Å²) in [4.78, 5) is 2.58. The second-order valence-corrected chi connectivity index (χ2v) is 5.31. The SMILES string of the molecule is CCCCCCN1CCNCc2cccc(C)c21. The van der Waals surface area contributed by atoms with Crippen LogP contribution in [0.1, 0.15) is 43.7 Å². The van der Waals surface area contributed by atoms with Gasteiger partial charge in [-0.25, -0.2) is 0 Å². The molecule has 0 radical (unpaired) electrons. The maximum absolute atomic E-state index is 3.52. The number of unbranched alkanes of at least 4 members (excludes halogenated alkanes) is 3. The third-order valence-corrected chi connectivity index (χ3v) is 3.79. The Bertz CT molecular complexity index is 373. The number of nitrogens with one attached hydrogen (secondary N) is 1. The van der Waals surface area contributed by atoms with Crippen molar-refractivity contribution in [3.05, 3.63) is 29.3 Å². The smallest absolute Gasteiger partial charge is 0.0441 e. The Morgan fingerprint density at radius 2 is 2.11 bits per heavy atom. The van der Waals surface area contributed by atoms with Crippen LogP contribution >= 0.6 is 0 Å². The Kier molecular flexibility index (Phi) is 5.06. The minimum Gasteiger partial charge on any atom is -0.370 e. The second-order valence-electron chi connectivity index (χ2n) is 5.31. The van der Waals surface area contributed by atoms with Crippen LogP contribution in [0.2, 0.25) is 0 Å². The van der Waals surface area contributed by atoms with Crippen LogP contribution in [0, 0.1) is 6.92 Å². The molecule has 0 spiro atoms. The maximum atomic E-state index is 3.52. The molecular formula is C16H26N2. The van der Waals surface area contributed by atoms with Crippen LogP contribution in [0.3, 0.4) is 0 Å². The van der Waals surface area contributed by atoms with E-state index in [0.29, 0.717) is 0 Å². The number of fused-ring (bicyclic) bond motifs is 1. The quantitative estimate of drug-likeness (QED) is 0.800. The monoisotopic (exact) mass is 246 g/mol. The maximum Gasteiger partial charge on any atom is 0.0441 e. The Hall–Kier alpha value is -1.02. The number of nitrogens with zero attached hydrogens (tertiary/aromatic N) is 1. The van der Waals surface area contributed by atoms with Crippen molar-refractivity contribution in [3.8, 4) is 0 Å². The molecule has 1 aliphatic rings. The third-order valence-electron chi connectivity index (χ3n) is 3.79. The van der Waals surface area contributed by atoms with E-state index < -0.39 is 0 Å². The Balaban J connectivity index is 2.06. The van der Waals surface area contributed by atoms with Crippen molar-refractivity contribution in [2.45, 2.75) is 46.1 Å². The number of hydrogen-bond donors (Lipinski definition) is 1. The molecule has 100 valence electrons. The zero-order valence-electron chi connectivity index (χ0n) is 11.8. The van der Waals surface area contributed by atoms with Crippen LogP contribution in [-0.2, 0) is 6.54 Å². The molecule has 0 aliphatic carbocycles. The molecule has 18 heavy (non-hydrogen) atoms. The molecule has 2 nitrogen and oxygen atoms in total. The predicted molar refractivity (Wildman–Crippen MR) is 79.2 cm³/mol. The summed E-state index contributed by atoms with van der Waals surface area (Å²) in [6.07, 6.45) is 5.37. The molecule has 0 saturated carbocycles. The molecular weight excluding hydrogens is 220 g/mol. The molecule has 1 N–H and O–H groups in total. The van der Waals surface area contributed by atoms with Crippen LogP contribution in [0.4, 0.5) is 5.69 Å². The van der Waals surface area contributed by atoms with Gasteiger partial charge in [-0.15, -0.1) is 0 Å². The number of anilines is 1. The number of benzene rings is 1. The third kappa shape index (κ3) is 3.26. The standard InChI is InChI=1S/C16H26N2/c1-3-4-5-6-11-18-12-10-17-13-15-9-7-8-14(2)16(15)18/h7-9,17H,3-6,10-13H2,1-2H3. The molecule has 1 aromatic carbocycles. The first-order valence-corrected chi connectivity index (χ1v) is 7.37. The first-order valence-electron chi connectivity index (χ1n) is 7.37. The number of aryl methyl sites for hydroxylation is 1. The molecule has 0 bridgehead atoms. The summed E-state index contributed by atoms with van der Waals surface area (Å²) in [6, 6.07) is 6.68. The highest BCUT2D eigenvalue weighted by atomic mass is 15.2. The zero-order chi connectivity index (χ0) is 12.8. The van der Waals surface area contributed by atoms with Crippen molar-refractivity contribution in [1.29, 1.82) is 0 Å².